The van der Waals surface area contributed by atoms with Crippen LogP contribution < -0.4 is 10.6 Å². The Labute approximate surface area is 197 Å². The first kappa shape index (κ1) is 26.2. The number of rotatable bonds is 8. The van der Waals surface area contributed by atoms with Gasteiger partial charge in [0.1, 0.15) is 0 Å². The van der Waals surface area contributed by atoms with E-state index in [2.05, 4.69) is 15.6 Å². The van der Waals surface area contributed by atoms with Crippen molar-refractivity contribution < 1.29 is 9.59 Å². The summed E-state index contributed by atoms with van der Waals surface area (Å²) in [5, 5.41) is 6.71. The molecule has 1 aliphatic rings. The molecule has 2 rings (SSSR count). The number of halogens is 1. The molecule has 1 aromatic carbocycles. The average molecular weight is 529 g/mol. The first-order valence-electron chi connectivity index (χ1n) is 10.7. The first-order chi connectivity index (χ1) is 14.0. The highest BCUT2D eigenvalue weighted by atomic mass is 127. The molecule has 0 saturated carbocycles. The SMILES string of the molecule is CCNC(=NCc1ccc(C(=O)N(CC)CC)cc1)NC1CCN(C(=O)CC)C1.I. The molecule has 2 amide bonds. The number of nitrogens with one attached hydrogen (secondary N) is 2. The van der Waals surface area contributed by atoms with E-state index in [1.54, 1.807) is 0 Å². The summed E-state index contributed by atoms with van der Waals surface area (Å²) in [6.45, 7) is 12.1. The molecule has 168 valence electrons. The maximum Gasteiger partial charge on any atom is 0.253 e. The maximum absolute atomic E-state index is 12.4. The van der Waals surface area contributed by atoms with Gasteiger partial charge in [-0.3, -0.25) is 9.59 Å². The lowest BCUT2D eigenvalue weighted by atomic mass is 10.1. The van der Waals surface area contributed by atoms with Gasteiger partial charge in [-0.1, -0.05) is 19.1 Å². The van der Waals surface area contributed by atoms with Crippen LogP contribution in [0.4, 0.5) is 0 Å². The molecule has 0 aliphatic carbocycles. The number of guanidine groups is 1. The molecule has 1 saturated heterocycles. The predicted molar refractivity (Wildman–Crippen MR) is 132 cm³/mol. The Balaban J connectivity index is 0.00000450. The van der Waals surface area contributed by atoms with E-state index in [4.69, 9.17) is 0 Å². The summed E-state index contributed by atoms with van der Waals surface area (Å²) in [7, 11) is 0. The van der Waals surface area contributed by atoms with E-state index in [1.165, 1.54) is 0 Å². The van der Waals surface area contributed by atoms with E-state index in [-0.39, 0.29) is 41.8 Å². The summed E-state index contributed by atoms with van der Waals surface area (Å²) in [4.78, 5) is 32.7. The molecule has 0 spiro atoms. The van der Waals surface area contributed by atoms with Crippen LogP contribution in [0.5, 0.6) is 0 Å². The van der Waals surface area contributed by atoms with Crippen molar-refractivity contribution in [3.63, 3.8) is 0 Å². The number of hydrogen-bond donors (Lipinski definition) is 2. The largest absolute Gasteiger partial charge is 0.357 e. The molecule has 1 fully saturated rings. The lowest BCUT2D eigenvalue weighted by molar-refractivity contribution is -0.129. The Kier molecular flexibility index (Phi) is 11.8. The molecule has 1 unspecified atom stereocenters. The number of nitrogens with zero attached hydrogens (tertiary/aromatic N) is 3. The molecule has 2 N–H and O–H groups in total. The van der Waals surface area contributed by atoms with Crippen molar-refractivity contribution in [1.82, 2.24) is 20.4 Å². The molecule has 1 aliphatic heterocycles. The molecule has 1 aromatic rings. The molecule has 1 heterocycles. The van der Waals surface area contributed by atoms with E-state index in [0.29, 0.717) is 31.6 Å². The third-order valence-corrected chi connectivity index (χ3v) is 5.20. The summed E-state index contributed by atoms with van der Waals surface area (Å²) in [5.41, 5.74) is 1.76. The van der Waals surface area contributed by atoms with E-state index < -0.39 is 0 Å². The maximum atomic E-state index is 12.4. The van der Waals surface area contributed by atoms with Crippen molar-refractivity contribution in [3.05, 3.63) is 35.4 Å². The topological polar surface area (TPSA) is 77.0 Å². The van der Waals surface area contributed by atoms with Gasteiger partial charge in [0.2, 0.25) is 5.91 Å². The third-order valence-electron chi connectivity index (χ3n) is 5.20. The van der Waals surface area contributed by atoms with Crippen LogP contribution in [0, 0.1) is 0 Å². The quantitative estimate of drug-likeness (QED) is 0.309. The van der Waals surface area contributed by atoms with Gasteiger partial charge < -0.3 is 20.4 Å². The number of amides is 2. The van der Waals surface area contributed by atoms with Crippen molar-refractivity contribution in [2.75, 3.05) is 32.7 Å². The summed E-state index contributed by atoms with van der Waals surface area (Å²) in [6, 6.07) is 7.88. The lowest BCUT2D eigenvalue weighted by Gasteiger charge is -2.19. The molecular weight excluding hydrogens is 493 g/mol. The lowest BCUT2D eigenvalue weighted by Crippen LogP contribution is -2.45. The molecule has 0 radical (unpaired) electrons. The zero-order chi connectivity index (χ0) is 21.2. The van der Waals surface area contributed by atoms with Crippen molar-refractivity contribution in [3.8, 4) is 0 Å². The van der Waals surface area contributed by atoms with Gasteiger partial charge in [-0.25, -0.2) is 4.99 Å². The van der Waals surface area contributed by atoms with Gasteiger partial charge >= 0.3 is 0 Å². The van der Waals surface area contributed by atoms with Crippen LogP contribution in [-0.2, 0) is 11.3 Å². The fourth-order valence-corrected chi connectivity index (χ4v) is 3.46. The summed E-state index contributed by atoms with van der Waals surface area (Å²) < 4.78 is 0. The highest BCUT2D eigenvalue weighted by Crippen LogP contribution is 2.11. The van der Waals surface area contributed by atoms with E-state index in [1.807, 2.05) is 61.8 Å². The van der Waals surface area contributed by atoms with Crippen molar-refractivity contribution in [2.45, 2.75) is 53.1 Å². The molecular formula is C22H36IN5O2. The summed E-state index contributed by atoms with van der Waals surface area (Å²) >= 11 is 0. The fraction of sp³-hybridized carbons (Fsp3) is 0.591. The second-order valence-electron chi connectivity index (χ2n) is 7.19. The second-order valence-corrected chi connectivity index (χ2v) is 7.19. The van der Waals surface area contributed by atoms with Gasteiger partial charge in [-0.05, 0) is 44.9 Å². The van der Waals surface area contributed by atoms with Crippen LogP contribution in [-0.4, -0.2) is 66.3 Å². The molecule has 1 atom stereocenters. The van der Waals surface area contributed by atoms with E-state index in [9.17, 15) is 9.59 Å². The molecule has 8 heteroatoms. The highest BCUT2D eigenvalue weighted by Gasteiger charge is 2.25. The normalized spacial score (nSPS) is 16.1. The minimum atomic E-state index is 0. The zero-order valence-corrected chi connectivity index (χ0v) is 20.9. The Hall–Kier alpha value is -1.84. The van der Waals surface area contributed by atoms with Gasteiger partial charge in [0.15, 0.2) is 5.96 Å². The van der Waals surface area contributed by atoms with Crippen LogP contribution in [0.25, 0.3) is 0 Å². The van der Waals surface area contributed by atoms with Gasteiger partial charge in [-0.15, -0.1) is 24.0 Å². The smallest absolute Gasteiger partial charge is 0.253 e. The Morgan fingerprint density at radius 3 is 2.37 bits per heavy atom. The number of hydrogen-bond acceptors (Lipinski definition) is 3. The summed E-state index contributed by atoms with van der Waals surface area (Å²) in [5.74, 6) is 1.02. The monoisotopic (exact) mass is 529 g/mol. The molecule has 7 nitrogen and oxygen atoms in total. The number of carbonyl (C=O) groups excluding carboxylic acids is 2. The van der Waals surface area contributed by atoms with Gasteiger partial charge in [0.25, 0.3) is 5.91 Å². The van der Waals surface area contributed by atoms with Gasteiger partial charge in [-0.2, -0.15) is 0 Å². The van der Waals surface area contributed by atoms with Gasteiger partial charge in [0.05, 0.1) is 6.54 Å². The predicted octanol–water partition coefficient (Wildman–Crippen LogP) is 2.85. The Bertz CT molecular complexity index is 704. The fourth-order valence-electron chi connectivity index (χ4n) is 3.46. The van der Waals surface area contributed by atoms with Crippen LogP contribution in [0.2, 0.25) is 0 Å². The summed E-state index contributed by atoms with van der Waals surface area (Å²) in [6.07, 6.45) is 1.48. The first-order valence-corrected chi connectivity index (χ1v) is 10.7. The second kappa shape index (κ2) is 13.5. The minimum Gasteiger partial charge on any atom is -0.357 e. The standard InChI is InChI=1S/C22H35N5O2.HI/c1-5-20(28)27-14-13-19(16-27)25-22(23-6-2)24-15-17-9-11-18(12-10-17)21(29)26(7-3)8-4;/h9-12,19H,5-8,13-16H2,1-4H3,(H2,23,24,25);1H. The van der Waals surface area contributed by atoms with Crippen molar-refractivity contribution >= 4 is 41.8 Å². The van der Waals surface area contributed by atoms with Crippen LogP contribution >= 0.6 is 24.0 Å². The van der Waals surface area contributed by atoms with E-state index in [0.717, 1.165) is 37.6 Å². The molecule has 0 bridgehead atoms. The average Bonchev–Trinajstić information content (AvgIpc) is 3.21. The minimum absolute atomic E-state index is 0. The molecule has 0 aromatic heterocycles. The molecule has 30 heavy (non-hydrogen) atoms. The van der Waals surface area contributed by atoms with Crippen LogP contribution in [0.15, 0.2) is 29.3 Å². The number of likely N-dealkylation sites (tertiary alicyclic amines) is 1. The highest BCUT2D eigenvalue weighted by molar-refractivity contribution is 14.0. The van der Waals surface area contributed by atoms with Crippen LogP contribution in [0.1, 0.15) is 56.5 Å². The van der Waals surface area contributed by atoms with Crippen molar-refractivity contribution in [1.29, 1.82) is 0 Å². The third kappa shape index (κ3) is 7.45. The zero-order valence-electron chi connectivity index (χ0n) is 18.6. The van der Waals surface area contributed by atoms with Crippen LogP contribution in [0.3, 0.4) is 0 Å². The number of carbonyl (C=O) groups is 2. The number of benzene rings is 1. The Morgan fingerprint density at radius 2 is 1.80 bits per heavy atom. The van der Waals surface area contributed by atoms with E-state index >= 15 is 0 Å². The Morgan fingerprint density at radius 1 is 1.13 bits per heavy atom. The van der Waals surface area contributed by atoms with Gasteiger partial charge in [0, 0.05) is 50.7 Å². The van der Waals surface area contributed by atoms with Crippen molar-refractivity contribution in [2.24, 2.45) is 4.99 Å². The number of aliphatic imine (C=N–C) groups is 1.